The first kappa shape index (κ1) is 13.0. The van der Waals surface area contributed by atoms with Gasteiger partial charge in [0, 0.05) is 24.5 Å². The summed E-state index contributed by atoms with van der Waals surface area (Å²) in [4.78, 5) is 4.47. The Morgan fingerprint density at radius 1 is 1.33 bits per heavy atom. The number of hydrogen-bond acceptors (Lipinski definition) is 5. The number of hydrogen-bond donors (Lipinski definition) is 2. The van der Waals surface area contributed by atoms with Crippen LogP contribution >= 0.6 is 11.5 Å². The van der Waals surface area contributed by atoms with Crippen LogP contribution < -0.4 is 11.1 Å². The molecule has 0 fully saturated rings. The van der Waals surface area contributed by atoms with Gasteiger partial charge in [-0.25, -0.2) is 4.98 Å². The van der Waals surface area contributed by atoms with E-state index in [0.29, 0.717) is 6.54 Å². The second kappa shape index (κ2) is 6.47. The molecule has 5 heteroatoms. The van der Waals surface area contributed by atoms with Gasteiger partial charge in [-0.15, -0.1) is 0 Å². The Morgan fingerprint density at radius 3 is 2.94 bits per heavy atom. The molecule has 3 N–H and O–H groups in total. The zero-order chi connectivity index (χ0) is 12.8. The molecule has 0 bridgehead atoms. The number of rotatable bonds is 6. The summed E-state index contributed by atoms with van der Waals surface area (Å²) in [7, 11) is 0. The minimum Gasteiger partial charge on any atom is -0.360 e. The third-order valence-electron chi connectivity index (χ3n) is 2.74. The van der Waals surface area contributed by atoms with Crippen molar-refractivity contribution >= 4 is 16.7 Å². The molecule has 0 aliphatic rings. The summed E-state index contributed by atoms with van der Waals surface area (Å²) >= 11 is 1.41. The molecule has 0 unspecified atom stereocenters. The van der Waals surface area contributed by atoms with Gasteiger partial charge in [-0.1, -0.05) is 24.3 Å². The van der Waals surface area contributed by atoms with Gasteiger partial charge in [0.05, 0.1) is 0 Å². The second-order valence-electron chi connectivity index (χ2n) is 4.19. The molecular formula is C13H18N4S. The van der Waals surface area contributed by atoms with Gasteiger partial charge >= 0.3 is 0 Å². The lowest BCUT2D eigenvalue weighted by Crippen LogP contribution is -2.08. The fourth-order valence-corrected chi connectivity index (χ4v) is 2.28. The number of aromatic nitrogens is 2. The Kier molecular flexibility index (Phi) is 4.66. The van der Waals surface area contributed by atoms with E-state index in [0.717, 1.165) is 30.3 Å². The summed E-state index contributed by atoms with van der Waals surface area (Å²) in [5.41, 5.74) is 8.01. The molecule has 96 valence electrons. The SMILES string of the molecule is Cc1ccccc1Cc1nsc(NCCCN)n1. The first-order chi connectivity index (χ1) is 8.79. The molecule has 1 aromatic carbocycles. The Bertz CT molecular complexity index is 495. The number of nitrogens with one attached hydrogen (secondary N) is 1. The third-order valence-corrected chi connectivity index (χ3v) is 3.45. The summed E-state index contributed by atoms with van der Waals surface area (Å²) in [5, 5.41) is 4.11. The lowest BCUT2D eigenvalue weighted by atomic mass is 10.1. The Hall–Kier alpha value is -1.46. The van der Waals surface area contributed by atoms with Crippen LogP contribution in [0.15, 0.2) is 24.3 Å². The van der Waals surface area contributed by atoms with E-state index in [1.54, 1.807) is 0 Å². The molecule has 1 heterocycles. The predicted octanol–water partition coefficient (Wildman–Crippen LogP) is 2.20. The van der Waals surface area contributed by atoms with Gasteiger partial charge in [0.25, 0.3) is 0 Å². The third kappa shape index (κ3) is 3.51. The van der Waals surface area contributed by atoms with E-state index in [1.807, 2.05) is 6.07 Å². The number of nitrogens with two attached hydrogens (primary N) is 1. The van der Waals surface area contributed by atoms with Crippen molar-refractivity contribution in [2.75, 3.05) is 18.4 Å². The largest absolute Gasteiger partial charge is 0.360 e. The maximum absolute atomic E-state index is 5.44. The molecule has 0 radical (unpaired) electrons. The van der Waals surface area contributed by atoms with E-state index in [4.69, 9.17) is 5.73 Å². The monoisotopic (exact) mass is 262 g/mol. The van der Waals surface area contributed by atoms with Crippen LogP contribution in [0.4, 0.5) is 5.13 Å². The Morgan fingerprint density at radius 2 is 2.17 bits per heavy atom. The van der Waals surface area contributed by atoms with Crippen LogP contribution in [0.1, 0.15) is 23.4 Å². The maximum atomic E-state index is 5.44. The fourth-order valence-electron chi connectivity index (χ4n) is 1.67. The molecule has 18 heavy (non-hydrogen) atoms. The van der Waals surface area contributed by atoms with Gasteiger partial charge in [0.1, 0.15) is 5.82 Å². The smallest absolute Gasteiger partial charge is 0.202 e. The summed E-state index contributed by atoms with van der Waals surface area (Å²) in [6.45, 7) is 3.67. The van der Waals surface area contributed by atoms with Crippen molar-refractivity contribution in [3.05, 3.63) is 41.2 Å². The molecule has 1 aromatic heterocycles. The molecule has 0 spiro atoms. The maximum Gasteiger partial charge on any atom is 0.202 e. The molecule has 0 aliphatic heterocycles. The van der Waals surface area contributed by atoms with Crippen LogP contribution in [0.25, 0.3) is 0 Å². The van der Waals surface area contributed by atoms with E-state index in [2.05, 4.69) is 39.8 Å². The quantitative estimate of drug-likeness (QED) is 0.783. The number of benzene rings is 1. The molecule has 0 aliphatic carbocycles. The molecule has 0 amide bonds. The highest BCUT2D eigenvalue weighted by Gasteiger charge is 2.05. The van der Waals surface area contributed by atoms with Crippen molar-refractivity contribution in [1.82, 2.24) is 9.36 Å². The molecule has 0 saturated heterocycles. The van der Waals surface area contributed by atoms with Crippen LogP contribution in [0.5, 0.6) is 0 Å². The van der Waals surface area contributed by atoms with E-state index in [1.165, 1.54) is 22.7 Å². The Balaban J connectivity index is 1.96. The van der Waals surface area contributed by atoms with Gasteiger partial charge in [-0.05, 0) is 31.0 Å². The van der Waals surface area contributed by atoms with Gasteiger partial charge in [0.15, 0.2) is 0 Å². The Labute approximate surface area is 111 Å². The van der Waals surface area contributed by atoms with Crippen molar-refractivity contribution in [1.29, 1.82) is 0 Å². The van der Waals surface area contributed by atoms with Gasteiger partial charge in [-0.3, -0.25) is 0 Å². The highest BCUT2D eigenvalue weighted by atomic mass is 32.1. The number of nitrogens with zero attached hydrogens (tertiary/aromatic N) is 2. The van der Waals surface area contributed by atoms with Crippen LogP contribution in [0, 0.1) is 6.92 Å². The highest BCUT2D eigenvalue weighted by Crippen LogP contribution is 2.16. The normalized spacial score (nSPS) is 10.6. The topological polar surface area (TPSA) is 63.8 Å². The van der Waals surface area contributed by atoms with Crippen LogP contribution in [-0.4, -0.2) is 22.4 Å². The van der Waals surface area contributed by atoms with E-state index in [-0.39, 0.29) is 0 Å². The average molecular weight is 262 g/mol. The summed E-state index contributed by atoms with van der Waals surface area (Å²) < 4.78 is 4.37. The lowest BCUT2D eigenvalue weighted by molar-refractivity contribution is 0.871. The van der Waals surface area contributed by atoms with Crippen LogP contribution in [-0.2, 0) is 6.42 Å². The molecule has 4 nitrogen and oxygen atoms in total. The lowest BCUT2D eigenvalue weighted by Gasteiger charge is -2.01. The number of aryl methyl sites for hydroxylation is 1. The van der Waals surface area contributed by atoms with E-state index < -0.39 is 0 Å². The average Bonchev–Trinajstić information content (AvgIpc) is 2.80. The second-order valence-corrected chi connectivity index (χ2v) is 4.94. The first-order valence-electron chi connectivity index (χ1n) is 6.10. The molecule has 2 rings (SSSR count). The summed E-state index contributed by atoms with van der Waals surface area (Å²) in [6, 6.07) is 8.34. The van der Waals surface area contributed by atoms with Crippen LogP contribution in [0.2, 0.25) is 0 Å². The number of anilines is 1. The zero-order valence-electron chi connectivity index (χ0n) is 10.5. The van der Waals surface area contributed by atoms with Gasteiger partial charge in [-0.2, -0.15) is 4.37 Å². The van der Waals surface area contributed by atoms with Crippen molar-refractivity contribution in [2.45, 2.75) is 19.8 Å². The summed E-state index contributed by atoms with van der Waals surface area (Å²) in [5.74, 6) is 0.879. The van der Waals surface area contributed by atoms with Crippen molar-refractivity contribution in [3.8, 4) is 0 Å². The molecular weight excluding hydrogens is 244 g/mol. The van der Waals surface area contributed by atoms with Crippen molar-refractivity contribution in [3.63, 3.8) is 0 Å². The molecule has 0 atom stereocenters. The van der Waals surface area contributed by atoms with Crippen molar-refractivity contribution < 1.29 is 0 Å². The summed E-state index contributed by atoms with van der Waals surface area (Å²) in [6.07, 6.45) is 1.74. The highest BCUT2D eigenvalue weighted by molar-refractivity contribution is 7.09. The van der Waals surface area contributed by atoms with Crippen molar-refractivity contribution in [2.24, 2.45) is 5.73 Å². The predicted molar refractivity (Wildman–Crippen MR) is 76.1 cm³/mol. The van der Waals surface area contributed by atoms with Gasteiger partial charge < -0.3 is 11.1 Å². The minimum absolute atomic E-state index is 0.696. The van der Waals surface area contributed by atoms with E-state index >= 15 is 0 Å². The van der Waals surface area contributed by atoms with E-state index in [9.17, 15) is 0 Å². The first-order valence-corrected chi connectivity index (χ1v) is 6.88. The van der Waals surface area contributed by atoms with Crippen LogP contribution in [0.3, 0.4) is 0 Å². The molecule has 0 saturated carbocycles. The standard InChI is InChI=1S/C13H18N4S/c1-10-5-2-3-6-11(10)9-12-16-13(18-17-12)15-8-4-7-14/h2-3,5-6H,4,7-9,14H2,1H3,(H,15,16,17). The fraction of sp³-hybridized carbons (Fsp3) is 0.385. The van der Waals surface area contributed by atoms with Gasteiger partial charge in [0.2, 0.25) is 5.13 Å². The molecule has 2 aromatic rings. The zero-order valence-corrected chi connectivity index (χ0v) is 11.3. The minimum atomic E-state index is 0.696.